The Labute approximate surface area is 109 Å². The van der Waals surface area contributed by atoms with E-state index in [4.69, 9.17) is 0 Å². The predicted octanol–water partition coefficient (Wildman–Crippen LogP) is 5.03. The molecule has 3 unspecified atom stereocenters. The summed E-state index contributed by atoms with van der Waals surface area (Å²) >= 11 is 0. The quantitative estimate of drug-likeness (QED) is 0.633. The van der Waals surface area contributed by atoms with Crippen LogP contribution in [0.15, 0.2) is 0 Å². The highest BCUT2D eigenvalue weighted by Crippen LogP contribution is 2.38. The van der Waals surface area contributed by atoms with Gasteiger partial charge in [0.25, 0.3) is 0 Å². The first-order valence-electron chi connectivity index (χ1n) is 7.38. The summed E-state index contributed by atoms with van der Waals surface area (Å²) in [5, 5.41) is 10.0. The summed E-state index contributed by atoms with van der Waals surface area (Å²) in [6.07, 6.45) is 5.40. The Bertz CT molecular complexity index is 206. The summed E-state index contributed by atoms with van der Waals surface area (Å²) in [6, 6.07) is 0. The molecule has 0 heterocycles. The zero-order valence-corrected chi connectivity index (χ0v) is 13.1. The van der Waals surface area contributed by atoms with E-state index in [0.29, 0.717) is 5.41 Å². The highest BCUT2D eigenvalue weighted by atomic mass is 16.3. The van der Waals surface area contributed by atoms with Crippen LogP contribution in [0.1, 0.15) is 80.6 Å². The lowest BCUT2D eigenvalue weighted by atomic mass is 9.69. The van der Waals surface area contributed by atoms with E-state index in [1.54, 1.807) is 0 Å². The molecule has 0 aromatic rings. The van der Waals surface area contributed by atoms with E-state index in [2.05, 4.69) is 41.5 Å². The van der Waals surface area contributed by atoms with Crippen molar-refractivity contribution >= 4 is 0 Å². The van der Waals surface area contributed by atoms with E-state index in [1.165, 1.54) is 12.8 Å². The fraction of sp³-hybridized carbons (Fsp3) is 1.00. The van der Waals surface area contributed by atoms with Gasteiger partial charge in [0.2, 0.25) is 0 Å². The third-order valence-corrected chi connectivity index (χ3v) is 5.03. The van der Waals surface area contributed by atoms with Crippen molar-refractivity contribution in [1.29, 1.82) is 0 Å². The van der Waals surface area contributed by atoms with E-state index in [1.807, 2.05) is 6.92 Å². The molecule has 0 aliphatic rings. The van der Waals surface area contributed by atoms with E-state index >= 15 is 0 Å². The van der Waals surface area contributed by atoms with Gasteiger partial charge in [0.05, 0.1) is 5.60 Å². The van der Waals surface area contributed by atoms with Crippen LogP contribution in [0.3, 0.4) is 0 Å². The molecule has 1 nitrogen and oxygen atoms in total. The first-order chi connectivity index (χ1) is 7.66. The minimum atomic E-state index is -0.463. The van der Waals surface area contributed by atoms with Crippen molar-refractivity contribution in [3.8, 4) is 0 Å². The molecule has 3 atom stereocenters. The van der Waals surface area contributed by atoms with Gasteiger partial charge in [-0.1, -0.05) is 54.4 Å². The summed E-state index contributed by atoms with van der Waals surface area (Å²) in [5.41, 5.74) is -0.0745. The molecule has 0 rings (SSSR count). The van der Waals surface area contributed by atoms with Crippen LogP contribution in [0.25, 0.3) is 0 Å². The number of aliphatic hydroxyl groups is 1. The van der Waals surface area contributed by atoms with Crippen LogP contribution in [0.2, 0.25) is 0 Å². The van der Waals surface area contributed by atoms with Crippen molar-refractivity contribution in [2.75, 3.05) is 0 Å². The molecule has 0 aromatic heterocycles. The van der Waals surface area contributed by atoms with E-state index in [0.717, 1.165) is 31.1 Å². The Hall–Kier alpha value is -0.0400. The van der Waals surface area contributed by atoms with Gasteiger partial charge in [-0.3, -0.25) is 0 Å². The lowest BCUT2D eigenvalue weighted by Crippen LogP contribution is -2.28. The van der Waals surface area contributed by atoms with Gasteiger partial charge in [-0.2, -0.15) is 0 Å². The molecule has 0 saturated carbocycles. The highest BCUT2D eigenvalue weighted by Gasteiger charge is 2.29. The van der Waals surface area contributed by atoms with Crippen LogP contribution < -0.4 is 0 Å². The van der Waals surface area contributed by atoms with Crippen LogP contribution in [0.4, 0.5) is 0 Å². The fourth-order valence-corrected chi connectivity index (χ4v) is 2.45. The Morgan fingerprint density at radius 2 is 1.53 bits per heavy atom. The molecule has 0 aliphatic heterocycles. The Kier molecular flexibility index (Phi) is 6.76. The summed E-state index contributed by atoms with van der Waals surface area (Å²) in [7, 11) is 0. The first-order valence-corrected chi connectivity index (χ1v) is 7.38. The van der Waals surface area contributed by atoms with E-state index in [9.17, 15) is 5.11 Å². The maximum Gasteiger partial charge on any atom is 0.0617 e. The van der Waals surface area contributed by atoms with Crippen LogP contribution in [-0.2, 0) is 0 Å². The number of hydrogen-bond donors (Lipinski definition) is 1. The first kappa shape index (κ1) is 17.0. The van der Waals surface area contributed by atoms with E-state index < -0.39 is 5.60 Å². The molecule has 104 valence electrons. The molecule has 1 N–H and O–H groups in total. The summed E-state index contributed by atoms with van der Waals surface area (Å²) in [6.45, 7) is 15.8. The van der Waals surface area contributed by atoms with Gasteiger partial charge < -0.3 is 5.11 Å². The van der Waals surface area contributed by atoms with Crippen molar-refractivity contribution in [2.24, 2.45) is 17.3 Å². The second-order valence-corrected chi connectivity index (χ2v) is 6.87. The molecule has 0 aromatic carbocycles. The molecule has 0 radical (unpaired) electrons. The molecule has 1 heteroatoms. The summed E-state index contributed by atoms with van der Waals surface area (Å²) in [5.74, 6) is 1.54. The summed E-state index contributed by atoms with van der Waals surface area (Å²) < 4.78 is 0. The largest absolute Gasteiger partial charge is 0.390 e. The topological polar surface area (TPSA) is 20.2 Å². The van der Waals surface area contributed by atoms with Crippen molar-refractivity contribution in [1.82, 2.24) is 0 Å². The van der Waals surface area contributed by atoms with Gasteiger partial charge >= 0.3 is 0 Å². The van der Waals surface area contributed by atoms with Crippen molar-refractivity contribution in [2.45, 2.75) is 86.2 Å². The Morgan fingerprint density at radius 3 is 1.94 bits per heavy atom. The van der Waals surface area contributed by atoms with Gasteiger partial charge in [-0.25, -0.2) is 0 Å². The Balaban J connectivity index is 4.18. The molecule has 0 saturated heterocycles. The van der Waals surface area contributed by atoms with Crippen LogP contribution in [0.5, 0.6) is 0 Å². The van der Waals surface area contributed by atoms with Crippen molar-refractivity contribution < 1.29 is 5.11 Å². The zero-order chi connectivity index (χ0) is 13.7. The maximum atomic E-state index is 10.0. The van der Waals surface area contributed by atoms with Crippen LogP contribution in [-0.4, -0.2) is 10.7 Å². The second kappa shape index (κ2) is 6.78. The molecule has 17 heavy (non-hydrogen) atoms. The normalized spacial score (nSPS) is 19.8. The minimum absolute atomic E-state index is 0.388. The molecule has 0 bridgehead atoms. The third-order valence-electron chi connectivity index (χ3n) is 5.03. The Morgan fingerprint density at radius 1 is 1.00 bits per heavy atom. The van der Waals surface area contributed by atoms with E-state index in [-0.39, 0.29) is 0 Å². The fourth-order valence-electron chi connectivity index (χ4n) is 2.45. The van der Waals surface area contributed by atoms with Gasteiger partial charge in [0.15, 0.2) is 0 Å². The summed E-state index contributed by atoms with van der Waals surface area (Å²) in [4.78, 5) is 0. The standard InChI is InChI=1S/C16H34O/c1-8-13(3)14(4)15(5,6)11-10-12-16(7,17)9-2/h13-14,17H,8-12H2,1-7H3. The van der Waals surface area contributed by atoms with Gasteiger partial charge in [-0.15, -0.1) is 0 Å². The monoisotopic (exact) mass is 242 g/mol. The van der Waals surface area contributed by atoms with Crippen LogP contribution >= 0.6 is 0 Å². The minimum Gasteiger partial charge on any atom is -0.390 e. The average molecular weight is 242 g/mol. The second-order valence-electron chi connectivity index (χ2n) is 6.87. The molecule has 0 aliphatic carbocycles. The van der Waals surface area contributed by atoms with Gasteiger partial charge in [-0.05, 0) is 43.4 Å². The average Bonchev–Trinajstić information content (AvgIpc) is 2.26. The number of rotatable bonds is 8. The molecular formula is C16H34O. The molecule has 0 amide bonds. The van der Waals surface area contributed by atoms with Crippen LogP contribution in [0, 0.1) is 17.3 Å². The molecule has 0 spiro atoms. The zero-order valence-electron chi connectivity index (χ0n) is 13.1. The van der Waals surface area contributed by atoms with Crippen molar-refractivity contribution in [3.05, 3.63) is 0 Å². The molecular weight excluding hydrogens is 208 g/mol. The van der Waals surface area contributed by atoms with Gasteiger partial charge in [0, 0.05) is 0 Å². The molecule has 0 fully saturated rings. The third kappa shape index (κ3) is 5.90. The maximum absolute atomic E-state index is 10.0. The SMILES string of the molecule is CCC(C)C(C)C(C)(C)CCCC(C)(O)CC. The van der Waals surface area contributed by atoms with Crippen molar-refractivity contribution in [3.63, 3.8) is 0 Å². The lowest BCUT2D eigenvalue weighted by Gasteiger charge is -2.36. The highest BCUT2D eigenvalue weighted by molar-refractivity contribution is 4.80. The lowest BCUT2D eigenvalue weighted by molar-refractivity contribution is 0.0376. The predicted molar refractivity (Wildman–Crippen MR) is 77.2 cm³/mol. The van der Waals surface area contributed by atoms with Gasteiger partial charge in [0.1, 0.15) is 0 Å². The number of hydrogen-bond acceptors (Lipinski definition) is 1. The smallest absolute Gasteiger partial charge is 0.0617 e.